The van der Waals surface area contributed by atoms with Crippen molar-refractivity contribution in [2.75, 3.05) is 5.73 Å². The smallest absolute Gasteiger partial charge is 0.229 e. The number of nitrogens with zero attached hydrogens (tertiary/aromatic N) is 2. The van der Waals surface area contributed by atoms with Crippen LogP contribution in [0.1, 0.15) is 29.7 Å². The number of hydrogen-bond acceptors (Lipinski definition) is 4. The Bertz CT molecular complexity index is 631. The minimum Gasteiger partial charge on any atom is -0.375 e. The van der Waals surface area contributed by atoms with E-state index in [1.54, 1.807) is 0 Å². The Morgan fingerprint density at radius 3 is 2.67 bits per heavy atom. The zero-order valence-electron chi connectivity index (χ0n) is 12.1. The first-order valence-corrected chi connectivity index (χ1v) is 8.04. The van der Waals surface area contributed by atoms with E-state index in [4.69, 9.17) is 5.73 Å². The number of amides is 1. The normalized spacial score (nSPS) is 14.1. The Morgan fingerprint density at radius 1 is 1.38 bits per heavy atom. The molecule has 0 radical (unpaired) electrons. The number of nitrogen functional groups attached to an aromatic ring is 1. The van der Waals surface area contributed by atoms with Crippen molar-refractivity contribution in [3.8, 4) is 0 Å². The van der Waals surface area contributed by atoms with Gasteiger partial charge >= 0.3 is 0 Å². The van der Waals surface area contributed by atoms with Gasteiger partial charge in [0.1, 0.15) is 0 Å². The van der Waals surface area contributed by atoms with Gasteiger partial charge in [-0.15, -0.1) is 11.3 Å². The van der Waals surface area contributed by atoms with E-state index in [2.05, 4.69) is 36.2 Å². The highest BCUT2D eigenvalue weighted by Crippen LogP contribution is 2.29. The lowest BCUT2D eigenvalue weighted by molar-refractivity contribution is -0.131. The van der Waals surface area contributed by atoms with Gasteiger partial charge < -0.3 is 10.6 Å². The van der Waals surface area contributed by atoms with Crippen molar-refractivity contribution in [2.45, 2.75) is 38.8 Å². The van der Waals surface area contributed by atoms with Crippen LogP contribution in [-0.4, -0.2) is 21.8 Å². The van der Waals surface area contributed by atoms with Crippen molar-refractivity contribution in [2.24, 2.45) is 0 Å². The maximum absolute atomic E-state index is 12.5. The van der Waals surface area contributed by atoms with E-state index < -0.39 is 0 Å². The highest BCUT2D eigenvalue weighted by Gasteiger charge is 2.32. The molecular weight excluding hydrogens is 282 g/mol. The number of benzene rings is 1. The van der Waals surface area contributed by atoms with Crippen LogP contribution in [0.25, 0.3) is 0 Å². The summed E-state index contributed by atoms with van der Waals surface area (Å²) in [6.07, 6.45) is 2.56. The monoisotopic (exact) mass is 301 g/mol. The second-order valence-electron chi connectivity index (χ2n) is 5.59. The Hall–Kier alpha value is -1.88. The number of aromatic nitrogens is 1. The van der Waals surface area contributed by atoms with Gasteiger partial charge in [0.05, 0.1) is 12.1 Å². The molecule has 1 heterocycles. The predicted octanol–water partition coefficient (Wildman–Crippen LogP) is 2.77. The number of hydrogen-bond donors (Lipinski definition) is 1. The number of anilines is 1. The molecule has 1 aromatic heterocycles. The van der Waals surface area contributed by atoms with Gasteiger partial charge in [-0.25, -0.2) is 4.98 Å². The predicted molar refractivity (Wildman–Crippen MR) is 85.0 cm³/mol. The molecule has 0 aliphatic heterocycles. The third-order valence-electron chi connectivity index (χ3n) is 3.68. The molecule has 4 nitrogen and oxygen atoms in total. The van der Waals surface area contributed by atoms with Crippen molar-refractivity contribution in [1.82, 2.24) is 9.88 Å². The lowest BCUT2D eigenvalue weighted by atomic mass is 10.1. The summed E-state index contributed by atoms with van der Waals surface area (Å²) < 4.78 is 0. The molecule has 2 aromatic rings. The van der Waals surface area contributed by atoms with E-state index in [0.717, 1.165) is 18.5 Å². The summed E-state index contributed by atoms with van der Waals surface area (Å²) in [7, 11) is 0. The molecule has 3 rings (SSSR count). The maximum atomic E-state index is 12.5. The summed E-state index contributed by atoms with van der Waals surface area (Å²) >= 11 is 1.38. The molecule has 0 atom stereocenters. The molecule has 1 saturated carbocycles. The third kappa shape index (κ3) is 3.61. The van der Waals surface area contributed by atoms with E-state index in [0.29, 0.717) is 24.1 Å². The molecule has 0 spiro atoms. The fourth-order valence-corrected chi connectivity index (χ4v) is 2.92. The number of carbonyl (C=O) groups excluding carboxylic acids is 1. The molecule has 1 amide bonds. The maximum Gasteiger partial charge on any atom is 0.229 e. The Morgan fingerprint density at radius 2 is 2.10 bits per heavy atom. The van der Waals surface area contributed by atoms with Crippen LogP contribution >= 0.6 is 11.3 Å². The zero-order chi connectivity index (χ0) is 14.8. The highest BCUT2D eigenvalue weighted by molar-refractivity contribution is 7.13. The second kappa shape index (κ2) is 5.85. The molecular formula is C16H19N3OS. The number of thiazole rings is 1. The van der Waals surface area contributed by atoms with Gasteiger partial charge in [-0.2, -0.15) is 0 Å². The molecule has 2 N–H and O–H groups in total. The van der Waals surface area contributed by atoms with Crippen LogP contribution in [0.2, 0.25) is 0 Å². The van der Waals surface area contributed by atoms with Crippen molar-refractivity contribution in [3.63, 3.8) is 0 Å². The minimum absolute atomic E-state index is 0.142. The van der Waals surface area contributed by atoms with Gasteiger partial charge in [-0.05, 0) is 25.3 Å². The average Bonchev–Trinajstić information content (AvgIpc) is 3.21. The lowest BCUT2D eigenvalue weighted by Crippen LogP contribution is -2.33. The summed E-state index contributed by atoms with van der Waals surface area (Å²) in [5.41, 5.74) is 8.81. The summed E-state index contributed by atoms with van der Waals surface area (Å²) in [6, 6.07) is 8.77. The third-order valence-corrected chi connectivity index (χ3v) is 4.41. The molecule has 0 unspecified atom stereocenters. The van der Waals surface area contributed by atoms with E-state index >= 15 is 0 Å². The topological polar surface area (TPSA) is 59.2 Å². The average molecular weight is 301 g/mol. The molecule has 0 saturated heterocycles. The van der Waals surface area contributed by atoms with Gasteiger partial charge in [0.15, 0.2) is 5.13 Å². The van der Waals surface area contributed by atoms with Crippen molar-refractivity contribution in [1.29, 1.82) is 0 Å². The number of nitrogens with two attached hydrogens (primary N) is 1. The Kier molecular flexibility index (Phi) is 3.92. The quantitative estimate of drug-likeness (QED) is 0.924. The summed E-state index contributed by atoms with van der Waals surface area (Å²) in [6.45, 7) is 2.75. The SMILES string of the molecule is Cc1ccc(CN(C(=O)Cc2csc(N)n2)C2CC2)cc1. The second-order valence-corrected chi connectivity index (χ2v) is 6.48. The minimum atomic E-state index is 0.142. The fraction of sp³-hybridized carbons (Fsp3) is 0.375. The Balaban J connectivity index is 1.69. The van der Waals surface area contributed by atoms with E-state index in [1.165, 1.54) is 22.5 Å². The van der Waals surface area contributed by atoms with Crippen molar-refractivity contribution < 1.29 is 4.79 Å². The number of carbonyl (C=O) groups is 1. The van der Waals surface area contributed by atoms with Crippen LogP contribution in [0.5, 0.6) is 0 Å². The number of rotatable bonds is 5. The van der Waals surface area contributed by atoms with Crippen LogP contribution in [0.4, 0.5) is 5.13 Å². The van der Waals surface area contributed by atoms with Crippen molar-refractivity contribution in [3.05, 3.63) is 46.5 Å². The molecule has 110 valence electrons. The van der Waals surface area contributed by atoms with Gasteiger partial charge in [-0.1, -0.05) is 29.8 Å². The van der Waals surface area contributed by atoms with Crippen LogP contribution in [0, 0.1) is 6.92 Å². The van der Waals surface area contributed by atoms with Crippen LogP contribution < -0.4 is 5.73 Å². The van der Waals surface area contributed by atoms with E-state index in [9.17, 15) is 4.79 Å². The first kappa shape index (κ1) is 14.1. The zero-order valence-corrected chi connectivity index (χ0v) is 12.9. The Labute approximate surface area is 128 Å². The van der Waals surface area contributed by atoms with E-state index in [-0.39, 0.29) is 5.91 Å². The lowest BCUT2D eigenvalue weighted by Gasteiger charge is -2.22. The molecule has 21 heavy (non-hydrogen) atoms. The van der Waals surface area contributed by atoms with Crippen LogP contribution in [0.3, 0.4) is 0 Å². The van der Waals surface area contributed by atoms with Crippen molar-refractivity contribution >= 4 is 22.4 Å². The fourth-order valence-electron chi connectivity index (χ4n) is 2.36. The van der Waals surface area contributed by atoms with Gasteiger partial charge in [-0.3, -0.25) is 4.79 Å². The summed E-state index contributed by atoms with van der Waals surface area (Å²) in [5.74, 6) is 0.142. The molecule has 0 bridgehead atoms. The highest BCUT2D eigenvalue weighted by atomic mass is 32.1. The van der Waals surface area contributed by atoms with Crippen LogP contribution in [0.15, 0.2) is 29.6 Å². The molecule has 1 aliphatic carbocycles. The molecule has 5 heteroatoms. The summed E-state index contributed by atoms with van der Waals surface area (Å²) in [5, 5.41) is 2.39. The number of aryl methyl sites for hydroxylation is 1. The summed E-state index contributed by atoms with van der Waals surface area (Å²) in [4.78, 5) is 18.7. The van der Waals surface area contributed by atoms with Crippen LogP contribution in [-0.2, 0) is 17.8 Å². The molecule has 1 fully saturated rings. The van der Waals surface area contributed by atoms with E-state index in [1.807, 2.05) is 10.3 Å². The van der Waals surface area contributed by atoms with Gasteiger partial charge in [0.25, 0.3) is 0 Å². The molecule has 1 aromatic carbocycles. The van der Waals surface area contributed by atoms with Gasteiger partial charge in [0, 0.05) is 18.0 Å². The largest absolute Gasteiger partial charge is 0.375 e. The first-order valence-electron chi connectivity index (χ1n) is 7.17. The standard InChI is InChI=1S/C16H19N3OS/c1-11-2-4-12(5-3-11)9-19(14-6-7-14)15(20)8-13-10-21-16(17)18-13/h2-5,10,14H,6-9H2,1H3,(H2,17,18). The molecule has 1 aliphatic rings. The van der Waals surface area contributed by atoms with Gasteiger partial charge in [0.2, 0.25) is 5.91 Å². The first-order chi connectivity index (χ1) is 10.1.